The lowest BCUT2D eigenvalue weighted by molar-refractivity contribution is 0.281. The van der Waals surface area contributed by atoms with E-state index in [0.717, 1.165) is 37.1 Å². The number of hydrogen-bond acceptors (Lipinski definition) is 3. The third kappa shape index (κ3) is 1.90. The minimum Gasteiger partial charge on any atom is -0.392 e. The quantitative estimate of drug-likeness (QED) is 0.703. The van der Waals surface area contributed by atoms with Crippen LogP contribution in [0.4, 0.5) is 5.82 Å². The van der Waals surface area contributed by atoms with Crippen molar-refractivity contribution in [2.75, 3.05) is 18.0 Å². The summed E-state index contributed by atoms with van der Waals surface area (Å²) in [5, 5.41) is 9.17. The van der Waals surface area contributed by atoms with Crippen LogP contribution < -0.4 is 4.90 Å². The van der Waals surface area contributed by atoms with Gasteiger partial charge in [0.25, 0.3) is 0 Å². The summed E-state index contributed by atoms with van der Waals surface area (Å²) < 4.78 is 0. The molecule has 1 aliphatic heterocycles. The zero-order valence-electron chi connectivity index (χ0n) is 8.19. The number of nitrogens with zero attached hydrogens (tertiary/aromatic N) is 2. The van der Waals surface area contributed by atoms with Crippen LogP contribution in [0.25, 0.3) is 0 Å². The van der Waals surface area contributed by atoms with Gasteiger partial charge in [0.1, 0.15) is 13.1 Å². The van der Waals surface area contributed by atoms with Crippen molar-refractivity contribution in [3.63, 3.8) is 0 Å². The summed E-state index contributed by atoms with van der Waals surface area (Å²) in [5.41, 5.74) is 0.925. The van der Waals surface area contributed by atoms with E-state index in [-0.39, 0.29) is 6.61 Å². The van der Waals surface area contributed by atoms with Crippen LogP contribution in [0, 0.1) is 0 Å². The van der Waals surface area contributed by atoms with Crippen LogP contribution >= 0.6 is 0 Å². The monoisotopic (exact) mass is 189 g/mol. The molecule has 0 aromatic carbocycles. The van der Waals surface area contributed by atoms with Crippen molar-refractivity contribution in [2.24, 2.45) is 0 Å². The maximum atomic E-state index is 9.17. The van der Waals surface area contributed by atoms with Gasteiger partial charge in [-0.05, 0) is 6.07 Å². The van der Waals surface area contributed by atoms with Gasteiger partial charge in [-0.3, -0.25) is 0 Å². The average molecular weight is 189 g/mol. The predicted molar refractivity (Wildman–Crippen MR) is 57.7 cm³/mol. The maximum absolute atomic E-state index is 9.17. The lowest BCUT2D eigenvalue weighted by Gasteiger charge is -2.28. The molecule has 1 radical (unpaired) electrons. The van der Waals surface area contributed by atoms with E-state index in [4.69, 9.17) is 0 Å². The van der Waals surface area contributed by atoms with Gasteiger partial charge in [0.15, 0.2) is 0 Å². The van der Waals surface area contributed by atoms with Crippen LogP contribution in [0.3, 0.4) is 0 Å². The topological polar surface area (TPSA) is 36.4 Å². The van der Waals surface area contributed by atoms with Crippen LogP contribution in [0.5, 0.6) is 0 Å². The molecule has 14 heavy (non-hydrogen) atoms. The lowest BCUT2D eigenvalue weighted by atomic mass is 9.68. The first-order valence-electron chi connectivity index (χ1n) is 5.03. The second kappa shape index (κ2) is 4.46. The first-order valence-corrected chi connectivity index (χ1v) is 5.03. The second-order valence-electron chi connectivity index (χ2n) is 3.50. The Hall–Kier alpha value is -1.03. The molecule has 1 N–H and O–H groups in total. The number of aliphatic hydroxyl groups is 1. The lowest BCUT2D eigenvalue weighted by Crippen LogP contribution is -2.32. The van der Waals surface area contributed by atoms with Crippen molar-refractivity contribution in [3.8, 4) is 0 Å². The molecule has 1 aliphatic rings. The van der Waals surface area contributed by atoms with Crippen molar-refractivity contribution in [3.05, 3.63) is 23.9 Å². The zero-order valence-corrected chi connectivity index (χ0v) is 8.19. The summed E-state index contributed by atoms with van der Waals surface area (Å²) in [4.78, 5) is 6.57. The highest BCUT2D eigenvalue weighted by atomic mass is 16.3. The summed E-state index contributed by atoms with van der Waals surface area (Å²) in [5.74, 6) is 0.947. The Morgan fingerprint density at radius 2 is 2.21 bits per heavy atom. The van der Waals surface area contributed by atoms with E-state index < -0.39 is 0 Å². The molecular weight excluding hydrogens is 175 g/mol. The molecule has 1 fully saturated rings. The van der Waals surface area contributed by atoms with Crippen molar-refractivity contribution < 1.29 is 5.11 Å². The first kappa shape index (κ1) is 9.53. The van der Waals surface area contributed by atoms with Crippen LogP contribution in [0.2, 0.25) is 12.6 Å². The highest BCUT2D eigenvalue weighted by molar-refractivity contribution is 6.36. The van der Waals surface area contributed by atoms with Crippen LogP contribution in [0.15, 0.2) is 18.3 Å². The molecule has 0 spiro atoms. The summed E-state index contributed by atoms with van der Waals surface area (Å²) >= 11 is 0. The Labute approximate surface area is 85.0 Å². The van der Waals surface area contributed by atoms with Gasteiger partial charge in [-0.1, -0.05) is 18.7 Å². The van der Waals surface area contributed by atoms with E-state index in [1.54, 1.807) is 6.20 Å². The predicted octanol–water partition coefficient (Wildman–Crippen LogP) is 0.935. The molecule has 1 aromatic heterocycles. The summed E-state index contributed by atoms with van der Waals surface area (Å²) in [7, 11) is 2.30. The fourth-order valence-corrected chi connectivity index (χ4v) is 1.80. The van der Waals surface area contributed by atoms with E-state index in [0.29, 0.717) is 0 Å². The average Bonchev–Trinajstić information content (AvgIpc) is 2.30. The number of aromatic nitrogens is 1. The zero-order chi connectivity index (χ0) is 9.80. The van der Waals surface area contributed by atoms with Gasteiger partial charge < -0.3 is 10.0 Å². The number of aliphatic hydroxyl groups excluding tert-OH is 1. The van der Waals surface area contributed by atoms with E-state index in [1.165, 1.54) is 0 Å². The molecule has 0 saturated carbocycles. The number of hydrogen-bond donors (Lipinski definition) is 1. The Bertz CT molecular complexity index is 300. The Morgan fingerprint density at radius 1 is 1.43 bits per heavy atom. The van der Waals surface area contributed by atoms with Crippen molar-refractivity contribution >= 4 is 13.1 Å². The molecule has 0 bridgehead atoms. The molecule has 1 saturated heterocycles. The fourth-order valence-electron chi connectivity index (χ4n) is 1.80. The van der Waals surface area contributed by atoms with Crippen LogP contribution in [0.1, 0.15) is 5.56 Å². The van der Waals surface area contributed by atoms with E-state index >= 15 is 0 Å². The largest absolute Gasteiger partial charge is 0.392 e. The summed E-state index contributed by atoms with van der Waals surface area (Å²) in [6, 6.07) is 3.80. The highest BCUT2D eigenvalue weighted by Crippen LogP contribution is 2.19. The second-order valence-corrected chi connectivity index (χ2v) is 3.50. The van der Waals surface area contributed by atoms with Crippen molar-refractivity contribution in [2.45, 2.75) is 19.2 Å². The van der Waals surface area contributed by atoms with Gasteiger partial charge in [0.05, 0.1) is 6.61 Å². The van der Waals surface area contributed by atoms with E-state index in [2.05, 4.69) is 17.2 Å². The molecule has 2 rings (SSSR count). The maximum Gasteiger partial charge on any atom is 0.133 e. The molecule has 2 heterocycles. The summed E-state index contributed by atoms with van der Waals surface area (Å²) in [6.07, 6.45) is 4.01. The minimum atomic E-state index is 0.0728. The summed E-state index contributed by atoms with van der Waals surface area (Å²) in [6.45, 7) is 2.11. The number of anilines is 1. The molecular formula is C10H14BN2O. The molecule has 0 unspecified atom stereocenters. The molecule has 4 heteroatoms. The molecule has 3 nitrogen and oxygen atoms in total. The SMILES string of the molecule is OCc1cccnc1N1CC[B]CC1. The van der Waals surface area contributed by atoms with Gasteiger partial charge >= 0.3 is 0 Å². The minimum absolute atomic E-state index is 0.0728. The molecule has 0 aliphatic carbocycles. The van der Waals surface area contributed by atoms with Crippen LogP contribution in [-0.4, -0.2) is 30.5 Å². The Morgan fingerprint density at radius 3 is 2.93 bits per heavy atom. The highest BCUT2D eigenvalue weighted by Gasteiger charge is 2.14. The Kier molecular flexibility index (Phi) is 3.04. The smallest absolute Gasteiger partial charge is 0.133 e. The molecule has 1 aromatic rings. The Balaban J connectivity index is 2.20. The normalized spacial score (nSPS) is 16.5. The van der Waals surface area contributed by atoms with Gasteiger partial charge in [0.2, 0.25) is 0 Å². The van der Waals surface area contributed by atoms with Gasteiger partial charge in [-0.2, -0.15) is 0 Å². The third-order valence-electron chi connectivity index (χ3n) is 2.54. The van der Waals surface area contributed by atoms with Crippen LogP contribution in [-0.2, 0) is 6.61 Å². The van der Waals surface area contributed by atoms with Crippen molar-refractivity contribution in [1.82, 2.24) is 4.98 Å². The van der Waals surface area contributed by atoms with Gasteiger partial charge in [0, 0.05) is 24.8 Å². The van der Waals surface area contributed by atoms with Gasteiger partial charge in [-0.15, -0.1) is 0 Å². The number of pyridine rings is 1. The first-order chi connectivity index (χ1) is 6.92. The third-order valence-corrected chi connectivity index (χ3v) is 2.54. The van der Waals surface area contributed by atoms with E-state index in [9.17, 15) is 5.11 Å². The standard InChI is InChI=1S/C10H14BN2O/c14-8-9-2-1-5-12-10(9)13-6-3-11-4-7-13/h1-2,5,14H,3-4,6-8H2. The van der Waals surface area contributed by atoms with Gasteiger partial charge in [-0.25, -0.2) is 4.98 Å². The van der Waals surface area contributed by atoms with E-state index in [1.807, 2.05) is 12.1 Å². The molecule has 0 atom stereocenters. The fraction of sp³-hybridized carbons (Fsp3) is 0.500. The van der Waals surface area contributed by atoms with Crippen molar-refractivity contribution in [1.29, 1.82) is 0 Å². The number of rotatable bonds is 2. The molecule has 73 valence electrons. The molecule has 0 amide bonds.